The molecule has 0 unspecified atom stereocenters. The van der Waals surface area contributed by atoms with E-state index >= 15 is 0 Å². The second-order valence-corrected chi connectivity index (χ2v) is 7.60. The normalized spacial score (nSPS) is 14.5. The predicted molar refractivity (Wildman–Crippen MR) is 115 cm³/mol. The number of alkyl carbamates (subject to hydrolysis) is 1. The van der Waals surface area contributed by atoms with Crippen molar-refractivity contribution in [2.75, 3.05) is 6.61 Å². The summed E-state index contributed by atoms with van der Waals surface area (Å²) in [7, 11) is 0. The van der Waals surface area contributed by atoms with Crippen LogP contribution in [0, 0.1) is 0 Å². The van der Waals surface area contributed by atoms with Gasteiger partial charge in [0.1, 0.15) is 12.6 Å². The summed E-state index contributed by atoms with van der Waals surface area (Å²) in [5.41, 5.74) is 1.69. The zero-order valence-electron chi connectivity index (χ0n) is 17.4. The summed E-state index contributed by atoms with van der Waals surface area (Å²) in [6.07, 6.45) is 3.59. The molecule has 1 aliphatic carbocycles. The van der Waals surface area contributed by atoms with Crippen LogP contribution in [0.1, 0.15) is 36.8 Å². The molecule has 0 spiro atoms. The third-order valence-electron chi connectivity index (χ3n) is 5.14. The fourth-order valence-electron chi connectivity index (χ4n) is 3.53. The lowest BCUT2D eigenvalue weighted by atomic mass is 10.1. The van der Waals surface area contributed by atoms with Crippen LogP contribution in [0.15, 0.2) is 60.7 Å². The highest BCUT2D eigenvalue weighted by atomic mass is 16.6. The van der Waals surface area contributed by atoms with E-state index in [0.717, 1.165) is 36.8 Å². The summed E-state index contributed by atoms with van der Waals surface area (Å²) in [5, 5.41) is 5.44. The number of esters is 1. The van der Waals surface area contributed by atoms with Gasteiger partial charge in [-0.15, -0.1) is 0 Å². The molecular weight excluding hydrogens is 396 g/mol. The van der Waals surface area contributed by atoms with Crippen LogP contribution in [0.3, 0.4) is 0 Å². The molecule has 0 aromatic heterocycles. The maximum absolute atomic E-state index is 12.6. The number of amides is 2. The maximum Gasteiger partial charge on any atom is 0.408 e. The highest BCUT2D eigenvalue weighted by molar-refractivity contribution is 5.85. The average molecular weight is 424 g/mol. The molecule has 2 amide bonds. The van der Waals surface area contributed by atoms with Crippen molar-refractivity contribution in [2.45, 2.75) is 50.8 Å². The molecule has 7 heteroatoms. The van der Waals surface area contributed by atoms with Gasteiger partial charge in [0.2, 0.25) is 0 Å². The first-order valence-corrected chi connectivity index (χ1v) is 10.6. The van der Waals surface area contributed by atoms with Crippen molar-refractivity contribution in [3.63, 3.8) is 0 Å². The van der Waals surface area contributed by atoms with E-state index in [1.54, 1.807) is 0 Å². The Kier molecular flexibility index (Phi) is 8.46. The van der Waals surface area contributed by atoms with Crippen LogP contribution in [-0.4, -0.2) is 36.7 Å². The molecule has 2 aromatic carbocycles. The molecule has 31 heavy (non-hydrogen) atoms. The topological polar surface area (TPSA) is 93.7 Å². The SMILES string of the molecule is O=C(COC(=O)[C@H](Cc1ccccc1)NC(=O)OCc1ccccc1)NC1CCCC1. The fourth-order valence-corrected chi connectivity index (χ4v) is 3.53. The standard InChI is InChI=1S/C24H28N2O5/c27-22(25-20-13-7-8-14-20)17-30-23(28)21(15-18-9-3-1-4-10-18)26-24(29)31-16-19-11-5-2-6-12-19/h1-6,9-12,20-21H,7-8,13-17H2,(H,25,27)(H,26,29)/t21-/m0/s1. The van der Waals surface area contributed by atoms with Gasteiger partial charge in [0.05, 0.1) is 0 Å². The number of nitrogens with one attached hydrogen (secondary N) is 2. The predicted octanol–water partition coefficient (Wildman–Crippen LogP) is 3.13. The van der Waals surface area contributed by atoms with Crippen LogP contribution in [0.2, 0.25) is 0 Å². The molecule has 164 valence electrons. The Morgan fingerprint density at radius 1 is 0.871 bits per heavy atom. The second kappa shape index (κ2) is 11.7. The number of benzene rings is 2. The number of hydrogen-bond donors (Lipinski definition) is 2. The van der Waals surface area contributed by atoms with Crippen molar-refractivity contribution >= 4 is 18.0 Å². The van der Waals surface area contributed by atoms with Crippen LogP contribution in [-0.2, 0) is 32.1 Å². The Morgan fingerprint density at radius 3 is 2.13 bits per heavy atom. The highest BCUT2D eigenvalue weighted by Gasteiger charge is 2.25. The van der Waals surface area contributed by atoms with Gasteiger partial charge >= 0.3 is 12.1 Å². The van der Waals surface area contributed by atoms with E-state index in [1.807, 2.05) is 60.7 Å². The quantitative estimate of drug-likeness (QED) is 0.603. The van der Waals surface area contributed by atoms with Gasteiger partial charge in [-0.2, -0.15) is 0 Å². The number of carbonyl (C=O) groups excluding carboxylic acids is 3. The first-order chi connectivity index (χ1) is 15.1. The summed E-state index contributed by atoms with van der Waals surface area (Å²) in [6, 6.07) is 17.7. The molecular formula is C24H28N2O5. The molecule has 1 fully saturated rings. The Labute approximate surface area is 182 Å². The number of carbonyl (C=O) groups is 3. The Morgan fingerprint density at radius 2 is 1.48 bits per heavy atom. The molecule has 1 atom stereocenters. The van der Waals surface area contributed by atoms with Crippen molar-refractivity contribution in [2.24, 2.45) is 0 Å². The number of hydrogen-bond acceptors (Lipinski definition) is 5. The van der Waals surface area contributed by atoms with E-state index in [1.165, 1.54) is 0 Å². The van der Waals surface area contributed by atoms with Crippen molar-refractivity contribution in [3.8, 4) is 0 Å². The molecule has 7 nitrogen and oxygen atoms in total. The molecule has 2 N–H and O–H groups in total. The minimum atomic E-state index is -0.968. The summed E-state index contributed by atoms with van der Waals surface area (Å²) >= 11 is 0. The molecule has 1 aliphatic rings. The minimum absolute atomic E-state index is 0.0869. The third kappa shape index (κ3) is 7.77. The first kappa shape index (κ1) is 22.3. The molecule has 0 saturated heterocycles. The molecule has 0 radical (unpaired) electrons. The van der Waals surface area contributed by atoms with Crippen LogP contribution in [0.5, 0.6) is 0 Å². The van der Waals surface area contributed by atoms with E-state index in [4.69, 9.17) is 9.47 Å². The van der Waals surface area contributed by atoms with Gasteiger partial charge in [-0.3, -0.25) is 4.79 Å². The van der Waals surface area contributed by atoms with Crippen LogP contribution >= 0.6 is 0 Å². The zero-order chi connectivity index (χ0) is 21.9. The lowest BCUT2D eigenvalue weighted by molar-refractivity contribution is -0.150. The van der Waals surface area contributed by atoms with Gasteiger partial charge in [-0.1, -0.05) is 73.5 Å². The Balaban J connectivity index is 1.53. The van der Waals surface area contributed by atoms with Gasteiger partial charge in [-0.25, -0.2) is 9.59 Å². The summed E-state index contributed by atoms with van der Waals surface area (Å²) < 4.78 is 10.4. The molecule has 2 aromatic rings. The van der Waals surface area contributed by atoms with Crippen LogP contribution < -0.4 is 10.6 Å². The zero-order valence-corrected chi connectivity index (χ0v) is 17.4. The third-order valence-corrected chi connectivity index (χ3v) is 5.14. The van der Waals surface area contributed by atoms with Crippen LogP contribution in [0.25, 0.3) is 0 Å². The lowest BCUT2D eigenvalue weighted by Gasteiger charge is -2.18. The van der Waals surface area contributed by atoms with Gasteiger partial charge in [0.15, 0.2) is 6.61 Å². The van der Waals surface area contributed by atoms with E-state index in [9.17, 15) is 14.4 Å². The maximum atomic E-state index is 12.6. The molecule has 1 saturated carbocycles. The second-order valence-electron chi connectivity index (χ2n) is 7.60. The van der Waals surface area contributed by atoms with Crippen molar-refractivity contribution in [1.29, 1.82) is 0 Å². The first-order valence-electron chi connectivity index (χ1n) is 10.6. The Bertz CT molecular complexity index is 851. The average Bonchev–Trinajstić information content (AvgIpc) is 3.30. The van der Waals surface area contributed by atoms with E-state index in [-0.39, 0.29) is 31.6 Å². The van der Waals surface area contributed by atoms with Crippen molar-refractivity contribution in [3.05, 3.63) is 71.8 Å². The summed E-state index contributed by atoms with van der Waals surface area (Å²) in [5.74, 6) is -1.01. The molecule has 3 rings (SSSR count). The molecule has 0 bridgehead atoms. The monoisotopic (exact) mass is 424 g/mol. The highest BCUT2D eigenvalue weighted by Crippen LogP contribution is 2.17. The van der Waals surface area contributed by atoms with Gasteiger partial charge in [0.25, 0.3) is 5.91 Å². The largest absolute Gasteiger partial charge is 0.454 e. The number of rotatable bonds is 9. The van der Waals surface area contributed by atoms with E-state index in [2.05, 4.69) is 10.6 Å². The van der Waals surface area contributed by atoms with E-state index in [0.29, 0.717) is 0 Å². The fraction of sp³-hybridized carbons (Fsp3) is 0.375. The summed E-state index contributed by atoms with van der Waals surface area (Å²) in [6.45, 7) is -0.287. The van der Waals surface area contributed by atoms with Gasteiger partial charge < -0.3 is 20.1 Å². The summed E-state index contributed by atoms with van der Waals surface area (Å²) in [4.78, 5) is 37.0. The Hall–Kier alpha value is -3.35. The van der Waals surface area contributed by atoms with Crippen molar-refractivity contribution in [1.82, 2.24) is 10.6 Å². The smallest absolute Gasteiger partial charge is 0.408 e. The molecule has 0 heterocycles. The van der Waals surface area contributed by atoms with Crippen molar-refractivity contribution < 1.29 is 23.9 Å². The van der Waals surface area contributed by atoms with Crippen LogP contribution in [0.4, 0.5) is 4.79 Å². The van der Waals surface area contributed by atoms with Gasteiger partial charge in [0, 0.05) is 12.5 Å². The minimum Gasteiger partial charge on any atom is -0.454 e. The molecule has 0 aliphatic heterocycles. The lowest BCUT2D eigenvalue weighted by Crippen LogP contribution is -2.45. The van der Waals surface area contributed by atoms with E-state index < -0.39 is 18.1 Å². The number of ether oxygens (including phenoxy) is 2. The van der Waals surface area contributed by atoms with Gasteiger partial charge in [-0.05, 0) is 24.0 Å².